The molecule has 0 aliphatic heterocycles. The number of benzene rings is 2. The van der Waals surface area contributed by atoms with E-state index in [9.17, 15) is 0 Å². The normalized spacial score (nSPS) is 28.9. The van der Waals surface area contributed by atoms with Gasteiger partial charge in [0.25, 0.3) is 0 Å². The third-order valence-corrected chi connectivity index (χ3v) is 8.92. The van der Waals surface area contributed by atoms with Gasteiger partial charge < -0.3 is 0 Å². The third kappa shape index (κ3) is 3.31. The van der Waals surface area contributed by atoms with Crippen molar-refractivity contribution in [2.45, 2.75) is 85.5 Å². The van der Waals surface area contributed by atoms with Crippen LogP contribution in [-0.4, -0.2) is 0 Å². The zero-order valence-electron chi connectivity index (χ0n) is 18.8. The van der Waals surface area contributed by atoms with Gasteiger partial charge in [0.1, 0.15) is 0 Å². The summed E-state index contributed by atoms with van der Waals surface area (Å²) in [7, 11) is 0. The van der Waals surface area contributed by atoms with E-state index in [0.717, 1.165) is 29.6 Å². The van der Waals surface area contributed by atoms with Gasteiger partial charge in [-0.2, -0.15) is 0 Å². The monoisotopic (exact) mass is 376 g/mol. The fourth-order valence-corrected chi connectivity index (χ4v) is 7.11. The lowest BCUT2D eigenvalue weighted by molar-refractivity contribution is 0.115. The molecule has 2 aliphatic carbocycles. The summed E-state index contributed by atoms with van der Waals surface area (Å²) in [6.07, 6.45) is 9.69. The average Bonchev–Trinajstić information content (AvgIpc) is 3.05. The minimum atomic E-state index is 0.508. The Hall–Kier alpha value is -1.30. The van der Waals surface area contributed by atoms with E-state index in [1.165, 1.54) is 55.7 Å². The molecular weight excluding hydrogens is 336 g/mol. The van der Waals surface area contributed by atoms with E-state index in [1.807, 2.05) is 0 Å². The quantitative estimate of drug-likeness (QED) is 0.475. The van der Waals surface area contributed by atoms with Gasteiger partial charge >= 0.3 is 0 Å². The molecule has 0 bridgehead atoms. The van der Waals surface area contributed by atoms with Crippen molar-refractivity contribution in [3.05, 3.63) is 47.5 Å². The highest BCUT2D eigenvalue weighted by Gasteiger charge is 2.50. The molecule has 2 aromatic carbocycles. The van der Waals surface area contributed by atoms with E-state index < -0.39 is 0 Å². The molecule has 28 heavy (non-hydrogen) atoms. The number of hydrogen-bond donors (Lipinski definition) is 0. The van der Waals surface area contributed by atoms with Crippen LogP contribution in [0.25, 0.3) is 10.8 Å². The summed E-state index contributed by atoms with van der Waals surface area (Å²) >= 11 is 0. The molecule has 0 saturated heterocycles. The zero-order valence-corrected chi connectivity index (χ0v) is 18.8. The van der Waals surface area contributed by atoms with Crippen molar-refractivity contribution in [3.63, 3.8) is 0 Å². The second-order valence-electron chi connectivity index (χ2n) is 10.6. The van der Waals surface area contributed by atoms with Gasteiger partial charge in [-0.05, 0) is 89.0 Å². The topological polar surface area (TPSA) is 0 Å². The molecule has 4 rings (SSSR count). The van der Waals surface area contributed by atoms with Crippen LogP contribution in [0.1, 0.15) is 90.2 Å². The first kappa shape index (κ1) is 20.0. The van der Waals surface area contributed by atoms with E-state index in [1.54, 1.807) is 11.1 Å². The SMILES string of the molecule is CCC(CC[C@@H](C)[C@H]1CC[C@H]2c3ccc4ccccc4c3CC[C@]12C)C(C)C. The lowest BCUT2D eigenvalue weighted by Gasteiger charge is -2.44. The molecule has 5 atom stereocenters. The minimum Gasteiger partial charge on any atom is -0.0651 e. The lowest BCUT2D eigenvalue weighted by Crippen LogP contribution is -2.35. The summed E-state index contributed by atoms with van der Waals surface area (Å²) in [4.78, 5) is 0. The van der Waals surface area contributed by atoms with E-state index in [4.69, 9.17) is 0 Å². The van der Waals surface area contributed by atoms with Crippen LogP contribution in [-0.2, 0) is 6.42 Å². The van der Waals surface area contributed by atoms with Crippen molar-refractivity contribution in [2.75, 3.05) is 0 Å². The molecule has 0 amide bonds. The van der Waals surface area contributed by atoms with Crippen molar-refractivity contribution < 1.29 is 0 Å². The number of aryl methyl sites for hydroxylation is 1. The average molecular weight is 377 g/mol. The molecule has 1 unspecified atom stereocenters. The van der Waals surface area contributed by atoms with Crippen molar-refractivity contribution >= 4 is 10.8 Å². The summed E-state index contributed by atoms with van der Waals surface area (Å²) in [6, 6.07) is 13.9. The fourth-order valence-electron chi connectivity index (χ4n) is 7.11. The number of rotatable bonds is 6. The van der Waals surface area contributed by atoms with E-state index in [0.29, 0.717) is 5.41 Å². The van der Waals surface area contributed by atoms with Gasteiger partial charge in [0.15, 0.2) is 0 Å². The Bertz CT molecular complexity index is 816. The van der Waals surface area contributed by atoms with Gasteiger partial charge in [0.2, 0.25) is 0 Å². The Balaban J connectivity index is 1.55. The Labute approximate surface area is 173 Å². The van der Waals surface area contributed by atoms with Crippen LogP contribution < -0.4 is 0 Å². The molecule has 0 spiro atoms. The number of hydrogen-bond acceptors (Lipinski definition) is 0. The summed E-state index contributed by atoms with van der Waals surface area (Å²) in [5.41, 5.74) is 3.87. The smallest absolute Gasteiger partial charge is 0.0102 e. The standard InChI is InChI=1S/C28H40/c1-6-21(19(2)3)12-11-20(4)26-15-16-27-25-14-13-22-9-7-8-10-23(22)24(25)17-18-28(26,27)5/h7-10,13-14,19-21,26-27H,6,11-12,15-18H2,1-5H3/t20-,21?,26-,27+,28-/m1/s1. The molecule has 0 radical (unpaired) electrons. The van der Waals surface area contributed by atoms with Gasteiger partial charge in [-0.25, -0.2) is 0 Å². The fraction of sp³-hybridized carbons (Fsp3) is 0.643. The first-order chi connectivity index (χ1) is 13.5. The van der Waals surface area contributed by atoms with Gasteiger partial charge in [-0.3, -0.25) is 0 Å². The van der Waals surface area contributed by atoms with Crippen LogP contribution in [0.4, 0.5) is 0 Å². The highest BCUT2D eigenvalue weighted by Crippen LogP contribution is 2.61. The maximum atomic E-state index is 2.64. The second kappa shape index (κ2) is 7.85. The van der Waals surface area contributed by atoms with Crippen LogP contribution in [0, 0.1) is 29.1 Å². The molecule has 152 valence electrons. The van der Waals surface area contributed by atoms with Crippen LogP contribution in [0.15, 0.2) is 36.4 Å². The molecule has 0 N–H and O–H groups in total. The molecule has 0 heteroatoms. The van der Waals surface area contributed by atoms with Crippen LogP contribution in [0.3, 0.4) is 0 Å². The van der Waals surface area contributed by atoms with Gasteiger partial charge in [0.05, 0.1) is 0 Å². The van der Waals surface area contributed by atoms with Gasteiger partial charge in [0, 0.05) is 0 Å². The predicted molar refractivity (Wildman–Crippen MR) is 123 cm³/mol. The molecule has 2 aromatic rings. The summed E-state index contributed by atoms with van der Waals surface area (Å²) in [6.45, 7) is 12.4. The van der Waals surface area contributed by atoms with Crippen LogP contribution in [0.5, 0.6) is 0 Å². The first-order valence-corrected chi connectivity index (χ1v) is 12.0. The molecule has 0 aromatic heterocycles. The summed E-state index contributed by atoms with van der Waals surface area (Å²) in [5, 5.41) is 2.94. The number of fused-ring (bicyclic) bond motifs is 5. The Morgan fingerprint density at radius 1 is 1.00 bits per heavy atom. The van der Waals surface area contributed by atoms with E-state index in [2.05, 4.69) is 71.0 Å². The summed E-state index contributed by atoms with van der Waals surface area (Å²) < 4.78 is 0. The van der Waals surface area contributed by atoms with Gasteiger partial charge in [-0.1, -0.05) is 83.9 Å². The Morgan fingerprint density at radius 2 is 1.79 bits per heavy atom. The molecule has 1 fully saturated rings. The molecule has 1 saturated carbocycles. The van der Waals surface area contributed by atoms with Crippen LogP contribution >= 0.6 is 0 Å². The third-order valence-electron chi connectivity index (χ3n) is 8.92. The molecular formula is C28H40. The van der Waals surface area contributed by atoms with Crippen molar-refractivity contribution in [2.24, 2.45) is 29.1 Å². The molecule has 0 heterocycles. The first-order valence-electron chi connectivity index (χ1n) is 12.0. The van der Waals surface area contributed by atoms with E-state index in [-0.39, 0.29) is 0 Å². The zero-order chi connectivity index (χ0) is 19.9. The summed E-state index contributed by atoms with van der Waals surface area (Å²) in [5.74, 6) is 4.29. The minimum absolute atomic E-state index is 0.508. The maximum Gasteiger partial charge on any atom is -0.0102 e. The van der Waals surface area contributed by atoms with E-state index >= 15 is 0 Å². The molecule has 0 nitrogen and oxygen atoms in total. The Kier molecular flexibility index (Phi) is 5.60. The predicted octanol–water partition coefficient (Wildman–Crippen LogP) is 8.38. The molecule has 2 aliphatic rings. The maximum absolute atomic E-state index is 2.64. The van der Waals surface area contributed by atoms with Crippen molar-refractivity contribution in [1.29, 1.82) is 0 Å². The largest absolute Gasteiger partial charge is 0.0651 e. The lowest BCUT2D eigenvalue weighted by atomic mass is 9.60. The van der Waals surface area contributed by atoms with Crippen molar-refractivity contribution in [1.82, 2.24) is 0 Å². The van der Waals surface area contributed by atoms with Crippen LogP contribution in [0.2, 0.25) is 0 Å². The van der Waals surface area contributed by atoms with Gasteiger partial charge in [-0.15, -0.1) is 0 Å². The Morgan fingerprint density at radius 3 is 2.54 bits per heavy atom. The highest BCUT2D eigenvalue weighted by atomic mass is 14.5. The highest BCUT2D eigenvalue weighted by molar-refractivity contribution is 5.87. The second-order valence-corrected chi connectivity index (χ2v) is 10.6. The van der Waals surface area contributed by atoms with Crippen molar-refractivity contribution in [3.8, 4) is 0 Å².